The molecule has 0 saturated carbocycles. The Kier molecular flexibility index (Phi) is 13.3. The Morgan fingerprint density at radius 3 is 1.85 bits per heavy atom. The Morgan fingerprint density at radius 2 is 1.35 bits per heavy atom. The monoisotopic (exact) mass is 857 g/mol. The van der Waals surface area contributed by atoms with Crippen molar-refractivity contribution in [3.63, 3.8) is 0 Å². The third-order valence-electron chi connectivity index (χ3n) is 9.30. The summed E-state index contributed by atoms with van der Waals surface area (Å²) in [4.78, 5) is 14.3. The minimum Gasteiger partial charge on any atom is -0.497 e. The van der Waals surface area contributed by atoms with Crippen molar-refractivity contribution in [2.24, 2.45) is 0 Å². The van der Waals surface area contributed by atoms with E-state index in [0.717, 1.165) is 9.87 Å². The van der Waals surface area contributed by atoms with E-state index in [1.807, 2.05) is 0 Å². The van der Waals surface area contributed by atoms with Gasteiger partial charge in [0.2, 0.25) is 20.0 Å². The molecule has 4 aromatic carbocycles. The molecular weight excluding hydrogens is 815 g/mol. The number of aromatic nitrogens is 5. The van der Waals surface area contributed by atoms with Crippen LogP contribution in [0.25, 0.3) is 22.5 Å². The number of rotatable bonds is 18. The molecule has 20 heteroatoms. The van der Waals surface area contributed by atoms with Gasteiger partial charge < -0.3 is 30.4 Å². The van der Waals surface area contributed by atoms with Gasteiger partial charge in [0.05, 0.1) is 33.4 Å². The minimum absolute atomic E-state index is 0.0414. The maximum atomic E-state index is 15.8. The van der Waals surface area contributed by atoms with E-state index in [1.54, 1.807) is 78.9 Å². The fourth-order valence-corrected chi connectivity index (χ4v) is 9.94. The lowest BCUT2D eigenvalue weighted by atomic mass is 10.00. The van der Waals surface area contributed by atoms with Crippen molar-refractivity contribution in [3.05, 3.63) is 120 Å². The number of hydrogen-bond acceptors (Lipinski definition) is 13. The highest BCUT2D eigenvalue weighted by atomic mass is 32.2. The Bertz CT molecular complexity index is 2590. The van der Waals surface area contributed by atoms with Crippen LogP contribution in [0.1, 0.15) is 23.6 Å². The van der Waals surface area contributed by atoms with E-state index >= 15 is 8.42 Å². The number of sulfonamides is 2. The molecule has 1 atom stereocenters. The third kappa shape index (κ3) is 9.97. The van der Waals surface area contributed by atoms with Crippen molar-refractivity contribution in [1.82, 2.24) is 39.5 Å². The van der Waals surface area contributed by atoms with Gasteiger partial charge in [-0.25, -0.2) is 36.0 Å². The molecule has 18 nitrogen and oxygen atoms in total. The van der Waals surface area contributed by atoms with Gasteiger partial charge in [-0.2, -0.15) is 4.31 Å². The molecule has 0 aliphatic heterocycles. The number of carboxylic acid groups (broad SMARTS) is 1. The number of amides is 1. The number of ether oxygens (including phenoxy) is 3. The maximum absolute atomic E-state index is 15.8. The van der Waals surface area contributed by atoms with Crippen LogP contribution < -0.4 is 30.0 Å². The second kappa shape index (κ2) is 18.5. The first kappa shape index (κ1) is 43.0. The smallest absolute Gasteiger partial charge is 0.404 e. The molecule has 0 aliphatic carbocycles. The molecule has 0 spiro atoms. The molecule has 2 aromatic heterocycles. The molecule has 0 radical (unpaired) electrons. The standard InChI is InChI=1S/C40H43N9O9S2/c1-26(21-43-40(50)51)45-59(52,53)35-19-18-34(30-11-20-36(41)42-22-30)37(39-44-46-47-49(39)25-29-9-16-33(58-4)17-10-29)38(35)60(54,55)48(23-27-5-12-31(56-2)13-6-27)24-28-7-14-32(57-3)15-8-28/h5-20,22,26,43,45H,21,23-25H2,1-4H3,(H2,41,42)(H,50,51)/t26-/m1/s1. The predicted molar refractivity (Wildman–Crippen MR) is 221 cm³/mol. The van der Waals surface area contributed by atoms with E-state index in [9.17, 15) is 18.3 Å². The average Bonchev–Trinajstić information content (AvgIpc) is 3.70. The summed E-state index contributed by atoms with van der Waals surface area (Å²) >= 11 is 0. The summed E-state index contributed by atoms with van der Waals surface area (Å²) in [5, 5.41) is 23.9. The summed E-state index contributed by atoms with van der Waals surface area (Å²) in [5.41, 5.74) is 8.26. The zero-order chi connectivity index (χ0) is 43.0. The van der Waals surface area contributed by atoms with Crippen molar-refractivity contribution in [2.75, 3.05) is 33.6 Å². The van der Waals surface area contributed by atoms with Crippen LogP contribution >= 0.6 is 0 Å². The molecule has 0 saturated heterocycles. The number of carbonyl (C=O) groups is 1. The normalized spacial score (nSPS) is 12.2. The number of nitrogen functional groups attached to an aromatic ring is 1. The van der Waals surface area contributed by atoms with Crippen LogP contribution in [0.4, 0.5) is 10.6 Å². The SMILES string of the molecule is COc1ccc(CN(Cc2ccc(OC)cc2)S(=O)(=O)c2c(S(=O)(=O)N[C@H](C)CNC(=O)O)ccc(-c3ccc(N)nc3)c2-c2nnnn2Cc2ccc(OC)cc2)cc1. The summed E-state index contributed by atoms with van der Waals surface area (Å²) in [5.74, 6) is 1.81. The van der Waals surface area contributed by atoms with Crippen LogP contribution in [-0.4, -0.2) is 91.4 Å². The minimum atomic E-state index is -4.93. The fourth-order valence-electron chi connectivity index (χ4n) is 6.29. The molecule has 314 valence electrons. The summed E-state index contributed by atoms with van der Waals surface area (Å²) < 4.78 is 81.8. The number of anilines is 1. The Balaban J connectivity index is 1.64. The fraction of sp³-hybridized carbons (Fsp3) is 0.225. The quantitative estimate of drug-likeness (QED) is 0.0938. The summed E-state index contributed by atoms with van der Waals surface area (Å²) in [6, 6.07) is 25.4. The number of methoxy groups -OCH3 is 3. The van der Waals surface area contributed by atoms with Gasteiger partial charge in [0.1, 0.15) is 32.9 Å². The Labute approximate surface area is 347 Å². The first-order chi connectivity index (χ1) is 28.7. The van der Waals surface area contributed by atoms with Crippen molar-refractivity contribution in [3.8, 4) is 39.8 Å². The van der Waals surface area contributed by atoms with E-state index < -0.39 is 42.0 Å². The lowest BCUT2D eigenvalue weighted by Gasteiger charge is -2.27. The van der Waals surface area contributed by atoms with E-state index in [1.165, 1.54) is 57.3 Å². The van der Waals surface area contributed by atoms with Crippen molar-refractivity contribution in [1.29, 1.82) is 0 Å². The highest BCUT2D eigenvalue weighted by molar-refractivity contribution is 7.92. The van der Waals surface area contributed by atoms with Gasteiger partial charge in [0.15, 0.2) is 5.82 Å². The Morgan fingerprint density at radius 1 is 0.800 bits per heavy atom. The molecule has 1 amide bonds. The van der Waals surface area contributed by atoms with Crippen molar-refractivity contribution < 1.29 is 40.9 Å². The van der Waals surface area contributed by atoms with E-state index in [0.29, 0.717) is 33.9 Å². The van der Waals surface area contributed by atoms with Crippen LogP contribution in [0.3, 0.4) is 0 Å². The van der Waals surface area contributed by atoms with Crippen LogP contribution in [0.2, 0.25) is 0 Å². The molecule has 2 heterocycles. The Hall–Kier alpha value is -6.61. The van der Waals surface area contributed by atoms with Crippen molar-refractivity contribution in [2.45, 2.75) is 42.4 Å². The van der Waals surface area contributed by atoms with E-state index in [4.69, 9.17) is 19.9 Å². The first-order valence-corrected chi connectivity index (χ1v) is 21.2. The topological polar surface area (TPSA) is 243 Å². The third-order valence-corrected chi connectivity index (χ3v) is 12.9. The first-order valence-electron chi connectivity index (χ1n) is 18.3. The lowest BCUT2D eigenvalue weighted by molar-refractivity contribution is 0.193. The van der Waals surface area contributed by atoms with Gasteiger partial charge in [0, 0.05) is 37.4 Å². The van der Waals surface area contributed by atoms with Crippen LogP contribution in [0.15, 0.2) is 113 Å². The number of hydrogen-bond donors (Lipinski definition) is 4. The average molecular weight is 858 g/mol. The molecule has 60 heavy (non-hydrogen) atoms. The number of nitrogens with two attached hydrogens (primary N) is 1. The largest absolute Gasteiger partial charge is 0.497 e. The van der Waals surface area contributed by atoms with Gasteiger partial charge >= 0.3 is 6.09 Å². The summed E-state index contributed by atoms with van der Waals surface area (Å²) in [7, 11) is -5.13. The van der Waals surface area contributed by atoms with Gasteiger partial charge in [-0.15, -0.1) is 5.10 Å². The van der Waals surface area contributed by atoms with Gasteiger partial charge in [-0.05, 0) is 94.2 Å². The van der Waals surface area contributed by atoms with Crippen LogP contribution in [0, 0.1) is 0 Å². The number of nitrogens with zero attached hydrogens (tertiary/aromatic N) is 6. The number of pyridine rings is 1. The van der Waals surface area contributed by atoms with Gasteiger partial charge in [0.25, 0.3) is 0 Å². The number of benzene rings is 4. The second-order valence-corrected chi connectivity index (χ2v) is 17.0. The predicted octanol–water partition coefficient (Wildman–Crippen LogP) is 4.38. The highest BCUT2D eigenvalue weighted by Gasteiger charge is 2.38. The zero-order valence-electron chi connectivity index (χ0n) is 33.0. The molecule has 0 fully saturated rings. The molecule has 0 aliphatic rings. The highest BCUT2D eigenvalue weighted by Crippen LogP contribution is 2.42. The van der Waals surface area contributed by atoms with E-state index in [-0.39, 0.29) is 48.9 Å². The lowest BCUT2D eigenvalue weighted by Crippen LogP contribution is -2.42. The van der Waals surface area contributed by atoms with Gasteiger partial charge in [-0.1, -0.05) is 42.5 Å². The molecule has 0 unspecified atom stereocenters. The van der Waals surface area contributed by atoms with Crippen LogP contribution in [0.5, 0.6) is 17.2 Å². The molecular formula is C40H43N9O9S2. The number of nitrogens with one attached hydrogen (secondary N) is 2. The van der Waals surface area contributed by atoms with Crippen LogP contribution in [-0.2, 0) is 39.7 Å². The number of tetrazole rings is 1. The maximum Gasteiger partial charge on any atom is 0.404 e. The molecule has 5 N–H and O–H groups in total. The summed E-state index contributed by atoms with van der Waals surface area (Å²) in [6.45, 7) is 0.730. The van der Waals surface area contributed by atoms with E-state index in [2.05, 4.69) is 30.5 Å². The molecule has 6 rings (SSSR count). The summed E-state index contributed by atoms with van der Waals surface area (Å²) in [6.07, 6.45) is 0.0604. The van der Waals surface area contributed by atoms with Gasteiger partial charge in [-0.3, -0.25) is 0 Å². The zero-order valence-corrected chi connectivity index (χ0v) is 34.6. The van der Waals surface area contributed by atoms with Crippen molar-refractivity contribution >= 4 is 32.0 Å². The molecule has 0 bridgehead atoms. The molecule has 6 aromatic rings. The second-order valence-electron chi connectivity index (χ2n) is 13.5.